The van der Waals surface area contributed by atoms with Crippen LogP contribution < -0.4 is 15.0 Å². The Morgan fingerprint density at radius 3 is 2.50 bits per heavy atom. The Hall–Kier alpha value is -1.49. The highest BCUT2D eigenvalue weighted by molar-refractivity contribution is 7.18. The first-order valence-corrected chi connectivity index (χ1v) is 11.0. The maximum atomic E-state index is 13.0. The number of anilines is 1. The van der Waals surface area contributed by atoms with Gasteiger partial charge in [0.2, 0.25) is 0 Å². The Kier molecular flexibility index (Phi) is 5.53. The van der Waals surface area contributed by atoms with Crippen molar-refractivity contribution in [2.75, 3.05) is 18.6 Å². The number of amides is 1. The summed E-state index contributed by atoms with van der Waals surface area (Å²) in [6, 6.07) is 0.926. The van der Waals surface area contributed by atoms with E-state index >= 15 is 0 Å². The lowest BCUT2D eigenvalue weighted by Gasteiger charge is -2.36. The number of fused-ring (bicyclic) bond motifs is 1. The Balaban J connectivity index is 1.59. The lowest BCUT2D eigenvalue weighted by molar-refractivity contribution is 0.0929. The van der Waals surface area contributed by atoms with Crippen molar-refractivity contribution < 1.29 is 9.53 Å². The summed E-state index contributed by atoms with van der Waals surface area (Å²) in [5, 5.41) is 4.49. The SMILES string of the molecule is COc1c(C(=O)NC2CCCCC2)sc2c1C=CCN2C1CCCCC1. The minimum absolute atomic E-state index is 0.0464. The highest BCUT2D eigenvalue weighted by Gasteiger charge is 2.31. The van der Waals surface area contributed by atoms with Gasteiger partial charge in [-0.15, -0.1) is 11.3 Å². The molecule has 1 aromatic heterocycles. The van der Waals surface area contributed by atoms with Gasteiger partial charge in [0, 0.05) is 18.6 Å². The van der Waals surface area contributed by atoms with Crippen LogP contribution in [0.4, 0.5) is 5.00 Å². The molecule has 2 heterocycles. The van der Waals surface area contributed by atoms with E-state index in [1.165, 1.54) is 56.4 Å². The van der Waals surface area contributed by atoms with Gasteiger partial charge in [-0.25, -0.2) is 0 Å². The van der Waals surface area contributed by atoms with Gasteiger partial charge in [-0.2, -0.15) is 0 Å². The Bertz CT molecular complexity index is 670. The summed E-state index contributed by atoms with van der Waals surface area (Å²) in [6.07, 6.45) is 16.8. The topological polar surface area (TPSA) is 41.6 Å². The van der Waals surface area contributed by atoms with Crippen LogP contribution in [0.2, 0.25) is 0 Å². The van der Waals surface area contributed by atoms with E-state index in [4.69, 9.17) is 4.74 Å². The number of carbonyl (C=O) groups excluding carboxylic acids is 1. The molecular weight excluding hydrogens is 344 g/mol. The summed E-state index contributed by atoms with van der Waals surface area (Å²) in [5.41, 5.74) is 1.10. The number of ether oxygens (including phenoxy) is 1. The van der Waals surface area contributed by atoms with Gasteiger partial charge >= 0.3 is 0 Å². The van der Waals surface area contributed by atoms with Crippen molar-refractivity contribution in [2.24, 2.45) is 0 Å². The lowest BCUT2D eigenvalue weighted by atomic mass is 9.93. The van der Waals surface area contributed by atoms with Gasteiger partial charge < -0.3 is 15.0 Å². The van der Waals surface area contributed by atoms with Gasteiger partial charge in [0.15, 0.2) is 5.75 Å². The third-order valence-electron chi connectivity index (χ3n) is 6.09. The van der Waals surface area contributed by atoms with Crippen LogP contribution in [0.15, 0.2) is 6.08 Å². The number of nitrogens with zero attached hydrogens (tertiary/aromatic N) is 1. The van der Waals surface area contributed by atoms with E-state index in [9.17, 15) is 4.79 Å². The molecule has 26 heavy (non-hydrogen) atoms. The van der Waals surface area contributed by atoms with Gasteiger partial charge in [0.25, 0.3) is 5.91 Å². The van der Waals surface area contributed by atoms with E-state index in [1.807, 2.05) is 0 Å². The average Bonchev–Trinajstić information content (AvgIpc) is 3.08. The van der Waals surface area contributed by atoms with E-state index in [0.29, 0.717) is 12.1 Å². The van der Waals surface area contributed by atoms with Crippen LogP contribution in [-0.2, 0) is 0 Å². The Morgan fingerprint density at radius 1 is 1.12 bits per heavy atom. The minimum Gasteiger partial charge on any atom is -0.494 e. The molecular formula is C21H30N2O2S. The van der Waals surface area contributed by atoms with Crippen molar-refractivity contribution in [3.63, 3.8) is 0 Å². The maximum absolute atomic E-state index is 13.0. The van der Waals surface area contributed by atoms with Crippen LogP contribution in [0.5, 0.6) is 5.75 Å². The summed E-state index contributed by atoms with van der Waals surface area (Å²) in [7, 11) is 1.69. The number of thiophene rings is 1. The molecule has 142 valence electrons. The molecule has 1 aromatic rings. The van der Waals surface area contributed by atoms with E-state index in [2.05, 4.69) is 22.4 Å². The zero-order valence-electron chi connectivity index (χ0n) is 15.8. The highest BCUT2D eigenvalue weighted by atomic mass is 32.1. The molecule has 0 radical (unpaired) electrons. The second-order valence-corrected chi connectivity index (χ2v) is 8.84. The van der Waals surface area contributed by atoms with E-state index in [0.717, 1.165) is 35.6 Å². The standard InChI is InChI=1S/C21H30N2O2S/c1-25-18-17-13-8-14-23(16-11-6-3-7-12-16)21(17)26-19(18)20(24)22-15-9-4-2-5-10-15/h8,13,15-16H,2-7,9-12,14H2,1H3,(H,22,24). The zero-order valence-corrected chi connectivity index (χ0v) is 16.6. The molecule has 1 aliphatic heterocycles. The molecule has 0 spiro atoms. The molecule has 3 aliphatic rings. The lowest BCUT2D eigenvalue weighted by Crippen LogP contribution is -2.37. The molecule has 4 rings (SSSR count). The normalized spacial score (nSPS) is 21.5. The third-order valence-corrected chi connectivity index (χ3v) is 7.32. The molecule has 2 aliphatic carbocycles. The summed E-state index contributed by atoms with van der Waals surface area (Å²) >= 11 is 1.62. The molecule has 1 N–H and O–H groups in total. The van der Waals surface area contributed by atoms with Gasteiger partial charge in [-0.3, -0.25) is 4.79 Å². The predicted octanol–water partition coefficient (Wildman–Crippen LogP) is 4.99. The van der Waals surface area contributed by atoms with Crippen molar-refractivity contribution >= 4 is 28.3 Å². The van der Waals surface area contributed by atoms with E-state index < -0.39 is 0 Å². The second kappa shape index (κ2) is 8.03. The van der Waals surface area contributed by atoms with Crippen molar-refractivity contribution in [2.45, 2.75) is 76.3 Å². The summed E-state index contributed by atoms with van der Waals surface area (Å²) in [5.74, 6) is 0.806. The zero-order chi connectivity index (χ0) is 17.9. The Labute approximate surface area is 160 Å². The third kappa shape index (κ3) is 3.51. The van der Waals surface area contributed by atoms with E-state index in [1.54, 1.807) is 18.4 Å². The van der Waals surface area contributed by atoms with E-state index in [-0.39, 0.29) is 5.91 Å². The van der Waals surface area contributed by atoms with Crippen LogP contribution in [0, 0.1) is 0 Å². The van der Waals surface area contributed by atoms with Crippen molar-refractivity contribution in [1.29, 1.82) is 0 Å². The molecule has 2 fully saturated rings. The van der Waals surface area contributed by atoms with Crippen LogP contribution in [0.1, 0.15) is 79.4 Å². The quantitative estimate of drug-likeness (QED) is 0.808. The smallest absolute Gasteiger partial charge is 0.265 e. The highest BCUT2D eigenvalue weighted by Crippen LogP contribution is 2.46. The first-order chi connectivity index (χ1) is 12.8. The van der Waals surface area contributed by atoms with Gasteiger partial charge in [0.1, 0.15) is 9.88 Å². The van der Waals surface area contributed by atoms with Crippen LogP contribution in [0.3, 0.4) is 0 Å². The molecule has 0 unspecified atom stereocenters. The maximum Gasteiger partial charge on any atom is 0.265 e. The van der Waals surface area contributed by atoms with Gasteiger partial charge in [-0.1, -0.05) is 50.7 Å². The summed E-state index contributed by atoms with van der Waals surface area (Å²) in [4.78, 5) is 16.2. The first kappa shape index (κ1) is 17.9. The first-order valence-electron chi connectivity index (χ1n) is 10.2. The van der Waals surface area contributed by atoms with Crippen molar-refractivity contribution in [3.8, 4) is 5.75 Å². The average molecular weight is 375 g/mol. The molecule has 0 atom stereocenters. The second-order valence-electron chi connectivity index (χ2n) is 7.84. The van der Waals surface area contributed by atoms with Crippen LogP contribution in [0.25, 0.3) is 6.08 Å². The van der Waals surface area contributed by atoms with Crippen molar-refractivity contribution in [1.82, 2.24) is 5.32 Å². The summed E-state index contributed by atoms with van der Waals surface area (Å²) in [6.45, 7) is 0.949. The minimum atomic E-state index is 0.0464. The molecule has 2 saturated carbocycles. The fourth-order valence-corrected chi connectivity index (χ4v) is 5.94. The van der Waals surface area contributed by atoms with Crippen LogP contribution >= 0.6 is 11.3 Å². The Morgan fingerprint density at radius 2 is 1.81 bits per heavy atom. The molecule has 0 saturated heterocycles. The molecule has 4 nitrogen and oxygen atoms in total. The number of hydrogen-bond donors (Lipinski definition) is 1. The predicted molar refractivity (Wildman–Crippen MR) is 108 cm³/mol. The molecule has 1 amide bonds. The van der Waals surface area contributed by atoms with Crippen molar-refractivity contribution in [3.05, 3.63) is 16.5 Å². The van der Waals surface area contributed by atoms with Gasteiger partial charge in [0.05, 0.1) is 12.7 Å². The van der Waals surface area contributed by atoms with Gasteiger partial charge in [-0.05, 0) is 25.7 Å². The largest absolute Gasteiger partial charge is 0.494 e. The molecule has 0 bridgehead atoms. The summed E-state index contributed by atoms with van der Waals surface area (Å²) < 4.78 is 5.70. The van der Waals surface area contributed by atoms with Crippen LogP contribution in [-0.4, -0.2) is 31.6 Å². The fourth-order valence-electron chi connectivity index (χ4n) is 4.70. The molecule has 0 aromatic carbocycles. The molecule has 5 heteroatoms. The number of methoxy groups -OCH3 is 1. The number of nitrogens with one attached hydrogen (secondary N) is 1. The fraction of sp³-hybridized carbons (Fsp3) is 0.667. The number of hydrogen-bond acceptors (Lipinski definition) is 4. The number of carbonyl (C=O) groups is 1. The number of rotatable bonds is 4. The monoisotopic (exact) mass is 374 g/mol.